The fraction of sp³-hybridized carbons (Fsp3) is 0.286. The molecule has 0 amide bonds. The molecule has 24 heavy (non-hydrogen) atoms. The van der Waals surface area contributed by atoms with Gasteiger partial charge in [0, 0.05) is 12.3 Å². The maximum Gasteiger partial charge on any atom is 0.322 e. The monoisotopic (exact) mass is 353 g/mol. The Morgan fingerprint density at radius 3 is 2.54 bits per heavy atom. The summed E-state index contributed by atoms with van der Waals surface area (Å²) in [5, 5.41) is 20.3. The fourth-order valence-corrected chi connectivity index (χ4v) is 3.71. The number of hydrogen-bond acceptors (Lipinski definition) is 6. The zero-order chi connectivity index (χ0) is 18.1. The lowest BCUT2D eigenvalue weighted by molar-refractivity contribution is -0.383. The summed E-state index contributed by atoms with van der Waals surface area (Å²) in [5.41, 5.74) is -0.372. The number of nitro benzene ring substituents is 1. The van der Waals surface area contributed by atoms with E-state index >= 15 is 0 Å². The summed E-state index contributed by atoms with van der Waals surface area (Å²) in [6.45, 7) is 3.13. The van der Waals surface area contributed by atoms with Crippen LogP contribution in [0.1, 0.15) is 13.8 Å². The van der Waals surface area contributed by atoms with E-state index in [2.05, 4.69) is 9.71 Å². The normalized spacial score (nSPS) is 13.1. The Morgan fingerprint density at radius 2 is 2.00 bits per heavy atom. The van der Waals surface area contributed by atoms with Crippen LogP contribution in [-0.2, 0) is 14.8 Å². The number of carbonyl (C=O) groups is 1. The number of nitrogens with zero attached hydrogens (tertiary/aromatic N) is 2. The predicted octanol–water partition coefficient (Wildman–Crippen LogP) is 1.53. The minimum absolute atomic E-state index is 0.0572. The van der Waals surface area contributed by atoms with Crippen molar-refractivity contribution in [3.8, 4) is 0 Å². The summed E-state index contributed by atoms with van der Waals surface area (Å²) in [7, 11) is -4.23. The molecule has 10 heteroatoms. The van der Waals surface area contributed by atoms with E-state index in [9.17, 15) is 23.3 Å². The van der Waals surface area contributed by atoms with Crippen molar-refractivity contribution >= 4 is 32.6 Å². The number of hydrogen-bond donors (Lipinski definition) is 2. The van der Waals surface area contributed by atoms with Crippen LogP contribution in [-0.4, -0.2) is 35.4 Å². The van der Waals surface area contributed by atoms with Gasteiger partial charge < -0.3 is 5.11 Å². The second-order valence-electron chi connectivity index (χ2n) is 5.42. The van der Waals surface area contributed by atoms with Gasteiger partial charge in [0.1, 0.15) is 10.9 Å². The minimum Gasteiger partial charge on any atom is -0.480 e. The van der Waals surface area contributed by atoms with Crippen LogP contribution >= 0.6 is 0 Å². The van der Waals surface area contributed by atoms with Crippen LogP contribution in [0, 0.1) is 16.0 Å². The fourth-order valence-electron chi connectivity index (χ4n) is 2.21. The lowest BCUT2D eigenvalue weighted by atomic mass is 10.1. The maximum absolute atomic E-state index is 12.6. The third-order valence-electron chi connectivity index (χ3n) is 3.41. The highest BCUT2D eigenvalue weighted by molar-refractivity contribution is 7.89. The minimum atomic E-state index is -4.23. The van der Waals surface area contributed by atoms with Crippen LogP contribution in [0.5, 0.6) is 0 Å². The molecule has 0 radical (unpaired) electrons. The Morgan fingerprint density at radius 1 is 1.33 bits per heavy atom. The van der Waals surface area contributed by atoms with Crippen LogP contribution in [0.3, 0.4) is 0 Å². The standard InChI is InChI=1S/C14H15N3O6S/c1-8(2)12(14(18)19)16-24(22,23)11-6-5-10(17(20)21)9-4-3-7-15-13(9)11/h3-8,12,16H,1-2H3,(H,18,19)/t12-/m1/s1. The molecule has 0 aliphatic carbocycles. The summed E-state index contributed by atoms with van der Waals surface area (Å²) >= 11 is 0. The van der Waals surface area contributed by atoms with Gasteiger partial charge in [-0.15, -0.1) is 0 Å². The first-order valence-electron chi connectivity index (χ1n) is 6.92. The molecule has 0 saturated carbocycles. The van der Waals surface area contributed by atoms with Gasteiger partial charge in [-0.05, 0) is 24.1 Å². The summed E-state index contributed by atoms with van der Waals surface area (Å²) in [4.78, 5) is 25.3. The maximum atomic E-state index is 12.6. The van der Waals surface area contributed by atoms with Crippen LogP contribution in [0.2, 0.25) is 0 Å². The highest BCUT2D eigenvalue weighted by atomic mass is 32.2. The average Bonchev–Trinajstić information content (AvgIpc) is 2.50. The number of carboxylic acid groups (broad SMARTS) is 1. The van der Waals surface area contributed by atoms with E-state index in [1.54, 1.807) is 13.8 Å². The number of aliphatic carboxylic acids is 1. The number of fused-ring (bicyclic) bond motifs is 1. The predicted molar refractivity (Wildman–Crippen MR) is 85.0 cm³/mol. The van der Waals surface area contributed by atoms with E-state index in [0.29, 0.717) is 0 Å². The molecule has 1 heterocycles. The molecule has 0 aliphatic heterocycles. The number of nitro groups is 1. The van der Waals surface area contributed by atoms with Gasteiger partial charge in [-0.3, -0.25) is 19.9 Å². The van der Waals surface area contributed by atoms with Crippen molar-refractivity contribution in [1.82, 2.24) is 9.71 Å². The molecule has 2 N–H and O–H groups in total. The highest BCUT2D eigenvalue weighted by Crippen LogP contribution is 2.29. The number of nitrogens with one attached hydrogen (secondary N) is 1. The Kier molecular flexibility index (Phi) is 4.81. The molecule has 0 unspecified atom stereocenters. The quantitative estimate of drug-likeness (QED) is 0.593. The molecule has 0 bridgehead atoms. The van der Waals surface area contributed by atoms with E-state index in [4.69, 9.17) is 5.11 Å². The summed E-state index contributed by atoms with van der Waals surface area (Å²) in [5.74, 6) is -1.80. The van der Waals surface area contributed by atoms with E-state index in [-0.39, 0.29) is 21.5 Å². The van der Waals surface area contributed by atoms with Gasteiger partial charge in [-0.25, -0.2) is 8.42 Å². The molecule has 1 atom stereocenters. The molecule has 128 valence electrons. The van der Waals surface area contributed by atoms with Gasteiger partial charge >= 0.3 is 5.97 Å². The molecule has 2 rings (SSSR count). The number of benzene rings is 1. The molecule has 0 fully saturated rings. The third kappa shape index (κ3) is 3.34. The Hall–Kier alpha value is -2.59. The molecule has 1 aromatic carbocycles. The third-order valence-corrected chi connectivity index (χ3v) is 4.88. The lowest BCUT2D eigenvalue weighted by Crippen LogP contribution is -2.44. The number of aromatic nitrogens is 1. The lowest BCUT2D eigenvalue weighted by Gasteiger charge is -2.18. The molecule has 2 aromatic rings. The van der Waals surface area contributed by atoms with Gasteiger partial charge in [0.25, 0.3) is 5.69 Å². The van der Waals surface area contributed by atoms with E-state index < -0.39 is 32.9 Å². The Labute approximate surface area is 137 Å². The Balaban J connectivity index is 2.62. The van der Waals surface area contributed by atoms with Gasteiger partial charge in [0.2, 0.25) is 10.0 Å². The van der Waals surface area contributed by atoms with Crippen molar-refractivity contribution < 1.29 is 23.2 Å². The van der Waals surface area contributed by atoms with Gasteiger partial charge in [0.05, 0.1) is 15.8 Å². The largest absolute Gasteiger partial charge is 0.480 e. The number of non-ortho nitro benzene ring substituents is 1. The molecule has 0 saturated heterocycles. The number of pyridine rings is 1. The summed E-state index contributed by atoms with van der Waals surface area (Å²) in [6, 6.07) is 3.62. The first-order valence-corrected chi connectivity index (χ1v) is 8.40. The van der Waals surface area contributed by atoms with Crippen molar-refractivity contribution in [3.63, 3.8) is 0 Å². The van der Waals surface area contributed by atoms with Crippen LogP contribution < -0.4 is 4.72 Å². The van der Waals surface area contributed by atoms with Crippen molar-refractivity contribution in [2.75, 3.05) is 0 Å². The Bertz CT molecular complexity index is 910. The molecule has 1 aromatic heterocycles. The SMILES string of the molecule is CC(C)[C@@H](NS(=O)(=O)c1ccc([N+](=O)[O-])c2cccnc12)C(=O)O. The number of sulfonamides is 1. The van der Waals surface area contributed by atoms with Crippen molar-refractivity contribution in [3.05, 3.63) is 40.6 Å². The summed E-state index contributed by atoms with van der Waals surface area (Å²) in [6.07, 6.45) is 1.31. The number of rotatable bonds is 6. The average molecular weight is 353 g/mol. The first kappa shape index (κ1) is 17.8. The number of carboxylic acids is 1. The topological polar surface area (TPSA) is 140 Å². The van der Waals surface area contributed by atoms with Crippen molar-refractivity contribution in [2.24, 2.45) is 5.92 Å². The van der Waals surface area contributed by atoms with Crippen LogP contribution in [0.25, 0.3) is 10.9 Å². The molecular weight excluding hydrogens is 338 g/mol. The zero-order valence-electron chi connectivity index (χ0n) is 12.8. The summed E-state index contributed by atoms with van der Waals surface area (Å²) < 4.78 is 27.2. The van der Waals surface area contributed by atoms with Crippen LogP contribution in [0.15, 0.2) is 35.4 Å². The van der Waals surface area contributed by atoms with E-state index in [0.717, 1.165) is 12.1 Å². The van der Waals surface area contributed by atoms with Crippen LogP contribution in [0.4, 0.5) is 5.69 Å². The van der Waals surface area contributed by atoms with E-state index in [1.807, 2.05) is 0 Å². The molecule has 0 spiro atoms. The van der Waals surface area contributed by atoms with Gasteiger partial charge in [0.15, 0.2) is 0 Å². The smallest absolute Gasteiger partial charge is 0.322 e. The highest BCUT2D eigenvalue weighted by Gasteiger charge is 2.30. The molecule has 9 nitrogen and oxygen atoms in total. The van der Waals surface area contributed by atoms with Crippen molar-refractivity contribution in [1.29, 1.82) is 0 Å². The first-order chi connectivity index (χ1) is 11.1. The van der Waals surface area contributed by atoms with Gasteiger partial charge in [-0.1, -0.05) is 13.8 Å². The molecule has 0 aliphatic rings. The van der Waals surface area contributed by atoms with E-state index in [1.165, 1.54) is 18.3 Å². The zero-order valence-corrected chi connectivity index (χ0v) is 13.6. The second-order valence-corrected chi connectivity index (χ2v) is 7.10. The van der Waals surface area contributed by atoms with Gasteiger partial charge in [-0.2, -0.15) is 4.72 Å². The van der Waals surface area contributed by atoms with Crippen molar-refractivity contribution in [2.45, 2.75) is 24.8 Å². The second kappa shape index (κ2) is 6.49. The molecular formula is C14H15N3O6S.